The van der Waals surface area contributed by atoms with Crippen molar-refractivity contribution in [3.05, 3.63) is 34.9 Å². The Morgan fingerprint density at radius 3 is 2.71 bits per heavy atom. The van der Waals surface area contributed by atoms with Crippen LogP contribution >= 0.6 is 11.6 Å². The largest absolute Gasteiger partial charge is 0.375 e. The highest BCUT2D eigenvalue weighted by Gasteiger charge is 2.14. The number of carbonyl (C=O) groups excluding carboxylic acids is 1. The summed E-state index contributed by atoms with van der Waals surface area (Å²) in [6.45, 7) is 0.404. The summed E-state index contributed by atoms with van der Waals surface area (Å²) in [6.07, 6.45) is -0.260. The third-order valence-electron chi connectivity index (χ3n) is 2.30. The van der Waals surface area contributed by atoms with Crippen LogP contribution in [0.5, 0.6) is 0 Å². The Kier molecular flexibility index (Phi) is 5.97. The van der Waals surface area contributed by atoms with Crippen LogP contribution in [0.3, 0.4) is 0 Å². The van der Waals surface area contributed by atoms with Gasteiger partial charge in [-0.1, -0.05) is 29.8 Å². The molecule has 1 atom stereocenters. The molecule has 1 N–H and O–H groups in total. The average molecular weight is 258 g/mol. The molecule has 17 heavy (non-hydrogen) atoms. The number of halogens is 1. The Morgan fingerprint density at radius 2 is 2.12 bits per heavy atom. The molecule has 5 heteroatoms. The van der Waals surface area contributed by atoms with Crippen molar-refractivity contribution in [2.45, 2.75) is 6.10 Å². The zero-order chi connectivity index (χ0) is 12.7. The highest BCUT2D eigenvalue weighted by atomic mass is 35.5. The molecule has 0 saturated heterocycles. The second kappa shape index (κ2) is 7.27. The number of nitrogens with one attached hydrogen (secondary N) is 1. The molecule has 0 aromatic heterocycles. The molecule has 94 valence electrons. The molecular formula is C12H16ClNO3. The van der Waals surface area contributed by atoms with Gasteiger partial charge in [0.1, 0.15) is 12.7 Å². The molecule has 4 nitrogen and oxygen atoms in total. The Balaban J connectivity index is 2.60. The highest BCUT2D eigenvalue weighted by molar-refractivity contribution is 6.31. The molecule has 0 fully saturated rings. The maximum Gasteiger partial charge on any atom is 0.246 e. The molecule has 1 aromatic rings. The number of hydrogen-bond acceptors (Lipinski definition) is 3. The van der Waals surface area contributed by atoms with Gasteiger partial charge in [0.2, 0.25) is 5.91 Å². The molecule has 0 aliphatic heterocycles. The smallest absolute Gasteiger partial charge is 0.246 e. The Labute approximate surface area is 106 Å². The van der Waals surface area contributed by atoms with Gasteiger partial charge >= 0.3 is 0 Å². The van der Waals surface area contributed by atoms with Crippen LogP contribution < -0.4 is 5.32 Å². The van der Waals surface area contributed by atoms with Gasteiger partial charge in [-0.25, -0.2) is 0 Å². The summed E-state index contributed by atoms with van der Waals surface area (Å²) in [7, 11) is 3.05. The molecule has 0 heterocycles. The van der Waals surface area contributed by atoms with Crippen molar-refractivity contribution in [1.29, 1.82) is 0 Å². The first-order valence-electron chi connectivity index (χ1n) is 5.22. The Hall–Kier alpha value is -1.10. The maximum absolute atomic E-state index is 11.3. The molecule has 0 aliphatic rings. The van der Waals surface area contributed by atoms with Crippen molar-refractivity contribution in [2.24, 2.45) is 0 Å². The summed E-state index contributed by atoms with van der Waals surface area (Å²) in [4.78, 5) is 11.3. The Bertz CT molecular complexity index is 371. The normalized spacial score (nSPS) is 12.2. The summed E-state index contributed by atoms with van der Waals surface area (Å²) in [5.41, 5.74) is 0.856. The number of amides is 1. The number of hydrogen-bond donors (Lipinski definition) is 1. The van der Waals surface area contributed by atoms with Crippen LogP contribution in [0.2, 0.25) is 5.02 Å². The van der Waals surface area contributed by atoms with E-state index in [1.165, 1.54) is 7.11 Å². The SMILES string of the molecule is COCC(=O)NCC(OC)c1ccccc1Cl. The van der Waals surface area contributed by atoms with Crippen molar-refractivity contribution >= 4 is 17.5 Å². The van der Waals surface area contributed by atoms with Crippen molar-refractivity contribution in [3.8, 4) is 0 Å². The van der Waals surface area contributed by atoms with E-state index in [0.717, 1.165) is 5.56 Å². The number of carbonyl (C=O) groups is 1. The first-order valence-corrected chi connectivity index (χ1v) is 5.59. The van der Waals surface area contributed by atoms with Crippen molar-refractivity contribution in [1.82, 2.24) is 5.32 Å². The monoisotopic (exact) mass is 257 g/mol. The summed E-state index contributed by atoms with van der Waals surface area (Å²) >= 11 is 6.06. The van der Waals surface area contributed by atoms with Gasteiger partial charge in [-0.2, -0.15) is 0 Å². The average Bonchev–Trinajstić information content (AvgIpc) is 2.32. The highest BCUT2D eigenvalue weighted by Crippen LogP contribution is 2.24. The lowest BCUT2D eigenvalue weighted by atomic mass is 10.1. The van der Waals surface area contributed by atoms with Crippen LogP contribution in [-0.4, -0.2) is 33.3 Å². The van der Waals surface area contributed by atoms with Crippen LogP contribution in [0, 0.1) is 0 Å². The first-order chi connectivity index (χ1) is 8.19. The molecule has 0 saturated carbocycles. The van der Waals surface area contributed by atoms with E-state index in [-0.39, 0.29) is 18.6 Å². The zero-order valence-electron chi connectivity index (χ0n) is 9.90. The van der Waals surface area contributed by atoms with Gasteiger partial charge in [0.25, 0.3) is 0 Å². The standard InChI is InChI=1S/C12H16ClNO3/c1-16-8-12(15)14-7-11(17-2)9-5-3-4-6-10(9)13/h3-6,11H,7-8H2,1-2H3,(H,14,15). The van der Waals surface area contributed by atoms with Gasteiger partial charge in [-0.3, -0.25) is 4.79 Å². The van der Waals surface area contributed by atoms with Crippen LogP contribution in [-0.2, 0) is 14.3 Å². The van der Waals surface area contributed by atoms with Gasteiger partial charge in [0, 0.05) is 31.4 Å². The van der Waals surface area contributed by atoms with Crippen molar-refractivity contribution < 1.29 is 14.3 Å². The van der Waals surface area contributed by atoms with Gasteiger partial charge in [-0.15, -0.1) is 0 Å². The fraction of sp³-hybridized carbons (Fsp3) is 0.417. The van der Waals surface area contributed by atoms with E-state index in [9.17, 15) is 4.79 Å². The van der Waals surface area contributed by atoms with Crippen molar-refractivity contribution in [2.75, 3.05) is 27.4 Å². The van der Waals surface area contributed by atoms with E-state index < -0.39 is 0 Å². The van der Waals surface area contributed by atoms with Gasteiger partial charge in [0.05, 0.1) is 0 Å². The lowest BCUT2D eigenvalue weighted by Gasteiger charge is -2.17. The van der Waals surface area contributed by atoms with E-state index in [4.69, 9.17) is 21.1 Å². The molecule has 1 rings (SSSR count). The van der Waals surface area contributed by atoms with Crippen LogP contribution in [0.25, 0.3) is 0 Å². The van der Waals surface area contributed by atoms with E-state index in [1.54, 1.807) is 13.2 Å². The maximum atomic E-state index is 11.3. The topological polar surface area (TPSA) is 47.6 Å². The van der Waals surface area contributed by atoms with E-state index in [2.05, 4.69) is 5.32 Å². The molecule has 1 amide bonds. The van der Waals surface area contributed by atoms with Gasteiger partial charge < -0.3 is 14.8 Å². The second-order valence-electron chi connectivity index (χ2n) is 3.48. The lowest BCUT2D eigenvalue weighted by molar-refractivity contribution is -0.125. The minimum Gasteiger partial charge on any atom is -0.375 e. The predicted octanol–water partition coefficient (Wildman–Crippen LogP) is 1.79. The van der Waals surface area contributed by atoms with Crippen molar-refractivity contribution in [3.63, 3.8) is 0 Å². The number of methoxy groups -OCH3 is 2. The molecule has 0 spiro atoms. The summed E-state index contributed by atoms with van der Waals surface area (Å²) in [5, 5.41) is 3.34. The van der Waals surface area contributed by atoms with E-state index in [1.807, 2.05) is 18.2 Å². The molecule has 0 bridgehead atoms. The Morgan fingerprint density at radius 1 is 1.41 bits per heavy atom. The van der Waals surface area contributed by atoms with E-state index >= 15 is 0 Å². The molecule has 1 aromatic carbocycles. The van der Waals surface area contributed by atoms with Crippen LogP contribution in [0.15, 0.2) is 24.3 Å². The number of ether oxygens (including phenoxy) is 2. The molecule has 0 aliphatic carbocycles. The fourth-order valence-corrected chi connectivity index (χ4v) is 1.70. The van der Waals surface area contributed by atoms with E-state index in [0.29, 0.717) is 11.6 Å². The molecule has 0 radical (unpaired) electrons. The molecular weight excluding hydrogens is 242 g/mol. The zero-order valence-corrected chi connectivity index (χ0v) is 10.7. The second-order valence-corrected chi connectivity index (χ2v) is 3.89. The van der Waals surface area contributed by atoms with Gasteiger partial charge in [0.15, 0.2) is 0 Å². The quantitative estimate of drug-likeness (QED) is 0.845. The van der Waals surface area contributed by atoms with Gasteiger partial charge in [-0.05, 0) is 6.07 Å². The third-order valence-corrected chi connectivity index (χ3v) is 2.64. The first kappa shape index (κ1) is 14.0. The number of rotatable bonds is 6. The minimum absolute atomic E-state index is 0.0406. The molecule has 1 unspecified atom stereocenters. The summed E-state index contributed by atoms with van der Waals surface area (Å²) in [6, 6.07) is 7.39. The lowest BCUT2D eigenvalue weighted by Crippen LogP contribution is -2.31. The fourth-order valence-electron chi connectivity index (χ4n) is 1.45. The summed E-state index contributed by atoms with van der Waals surface area (Å²) < 4.78 is 10.0. The third kappa shape index (κ3) is 4.34. The predicted molar refractivity (Wildman–Crippen MR) is 66.1 cm³/mol. The van der Waals surface area contributed by atoms with Crippen LogP contribution in [0.1, 0.15) is 11.7 Å². The minimum atomic E-state index is -0.260. The van der Waals surface area contributed by atoms with Crippen LogP contribution in [0.4, 0.5) is 0 Å². The number of benzene rings is 1. The summed E-state index contributed by atoms with van der Waals surface area (Å²) in [5.74, 6) is -0.179.